The van der Waals surface area contributed by atoms with Gasteiger partial charge < -0.3 is 44.8 Å². The Bertz CT molecular complexity index is 505. The Labute approximate surface area is 138 Å². The molecule has 0 amide bonds. The van der Waals surface area contributed by atoms with Gasteiger partial charge in [0, 0.05) is 5.92 Å². The Hall–Kier alpha value is -1.04. The fourth-order valence-corrected chi connectivity index (χ4v) is 3.38. The molecule has 6 N–H and O–H groups in total. The first-order valence-electron chi connectivity index (χ1n) is 7.75. The molecule has 9 nitrogen and oxygen atoms in total. The minimum Gasteiger partial charge on any atom is -0.472 e. The first-order chi connectivity index (χ1) is 11.5. The van der Waals surface area contributed by atoms with E-state index in [2.05, 4.69) is 0 Å². The van der Waals surface area contributed by atoms with Gasteiger partial charge in [-0.2, -0.15) is 0 Å². The molecular weight excluding hydrogens is 324 g/mol. The summed E-state index contributed by atoms with van der Waals surface area (Å²) in [5.41, 5.74) is 0.534. The van der Waals surface area contributed by atoms with Gasteiger partial charge >= 0.3 is 0 Å². The van der Waals surface area contributed by atoms with Crippen molar-refractivity contribution in [2.45, 2.75) is 43.1 Å². The number of aliphatic hydroxyl groups is 6. The summed E-state index contributed by atoms with van der Waals surface area (Å²) in [6, 6.07) is 0. The molecule has 1 unspecified atom stereocenters. The van der Waals surface area contributed by atoms with Crippen LogP contribution in [0.25, 0.3) is 0 Å². The number of hydrogen-bond acceptors (Lipinski definition) is 9. The van der Waals surface area contributed by atoms with Crippen molar-refractivity contribution in [1.29, 1.82) is 0 Å². The minimum absolute atomic E-state index is 0.288. The lowest BCUT2D eigenvalue weighted by atomic mass is 9.88. The molecule has 1 saturated heterocycles. The average molecular weight is 346 g/mol. The molecule has 0 saturated carbocycles. The standard InChI is InChI=1S/C15H22O9/c16-4-6-3-8(18)7-1-2-22-14(10(6)7)24-15-13(21)12(20)11(19)9(5-17)23-15/h1-3,7-21H,4-5H2/t7-,8+,9+,10+,11+,12-,13+,14-,15?/m0/s1. The molecule has 0 aromatic heterocycles. The zero-order valence-electron chi connectivity index (χ0n) is 12.8. The fourth-order valence-electron chi connectivity index (χ4n) is 3.38. The Kier molecular flexibility index (Phi) is 5.23. The maximum absolute atomic E-state index is 10.0. The molecule has 0 spiro atoms. The maximum Gasteiger partial charge on any atom is 0.209 e. The van der Waals surface area contributed by atoms with E-state index < -0.39 is 55.6 Å². The number of aliphatic hydroxyl groups excluding tert-OH is 6. The van der Waals surface area contributed by atoms with E-state index in [9.17, 15) is 30.6 Å². The molecule has 1 aliphatic carbocycles. The predicted octanol–water partition coefficient (Wildman–Crippen LogP) is -2.80. The van der Waals surface area contributed by atoms with Crippen LogP contribution in [0.2, 0.25) is 0 Å². The van der Waals surface area contributed by atoms with Gasteiger partial charge in [0.15, 0.2) is 6.29 Å². The highest BCUT2D eigenvalue weighted by Crippen LogP contribution is 2.40. The van der Waals surface area contributed by atoms with Crippen molar-refractivity contribution in [3.05, 3.63) is 24.0 Å². The van der Waals surface area contributed by atoms with Gasteiger partial charge in [0.2, 0.25) is 6.29 Å². The number of ether oxygens (including phenoxy) is 3. The van der Waals surface area contributed by atoms with Crippen molar-refractivity contribution < 1.29 is 44.8 Å². The molecule has 9 atom stereocenters. The summed E-state index contributed by atoms with van der Waals surface area (Å²) in [6.45, 7) is -0.854. The summed E-state index contributed by atoms with van der Waals surface area (Å²) in [5, 5.41) is 58.3. The van der Waals surface area contributed by atoms with Crippen LogP contribution in [-0.4, -0.2) is 87.0 Å². The second-order valence-electron chi connectivity index (χ2n) is 6.16. The van der Waals surface area contributed by atoms with Crippen LogP contribution in [0.3, 0.4) is 0 Å². The average Bonchev–Trinajstić information content (AvgIpc) is 2.92. The van der Waals surface area contributed by atoms with Crippen LogP contribution in [0, 0.1) is 11.8 Å². The SMILES string of the molecule is OCC1=C[C@@H](O)[C@@H]2C=CO[C@@H](OC3O[C@H](CO)[C@@H](O)[C@H](O)[C@H]3O)[C@H]12. The van der Waals surface area contributed by atoms with E-state index in [1.165, 1.54) is 12.3 Å². The third kappa shape index (κ3) is 2.98. The zero-order valence-corrected chi connectivity index (χ0v) is 12.8. The van der Waals surface area contributed by atoms with E-state index in [-0.39, 0.29) is 12.5 Å². The molecule has 3 aliphatic rings. The van der Waals surface area contributed by atoms with E-state index in [0.29, 0.717) is 5.57 Å². The summed E-state index contributed by atoms with van der Waals surface area (Å²) in [7, 11) is 0. The molecule has 24 heavy (non-hydrogen) atoms. The van der Waals surface area contributed by atoms with Gasteiger partial charge in [0.05, 0.1) is 31.5 Å². The molecule has 0 bridgehead atoms. The molecule has 136 valence electrons. The molecule has 0 aromatic rings. The van der Waals surface area contributed by atoms with Crippen molar-refractivity contribution in [2.24, 2.45) is 11.8 Å². The molecule has 3 rings (SSSR count). The number of fused-ring (bicyclic) bond motifs is 1. The van der Waals surface area contributed by atoms with Crippen LogP contribution in [-0.2, 0) is 14.2 Å². The maximum atomic E-state index is 10.0. The van der Waals surface area contributed by atoms with Gasteiger partial charge in [-0.15, -0.1) is 0 Å². The highest BCUT2D eigenvalue weighted by molar-refractivity contribution is 5.25. The molecule has 0 aromatic carbocycles. The van der Waals surface area contributed by atoms with Gasteiger partial charge in [-0.3, -0.25) is 0 Å². The summed E-state index contributed by atoms with van der Waals surface area (Å²) in [5.74, 6) is -0.835. The van der Waals surface area contributed by atoms with E-state index >= 15 is 0 Å². The fraction of sp³-hybridized carbons (Fsp3) is 0.733. The van der Waals surface area contributed by atoms with Gasteiger partial charge in [0.1, 0.15) is 24.4 Å². The summed E-state index contributed by atoms with van der Waals surface area (Å²) >= 11 is 0. The van der Waals surface area contributed by atoms with E-state index in [1.807, 2.05) is 0 Å². The second-order valence-corrected chi connectivity index (χ2v) is 6.16. The lowest BCUT2D eigenvalue weighted by Gasteiger charge is -2.42. The van der Waals surface area contributed by atoms with Gasteiger partial charge in [-0.05, 0) is 11.6 Å². The Balaban J connectivity index is 1.75. The quantitative estimate of drug-likeness (QED) is 0.297. The highest BCUT2D eigenvalue weighted by atomic mass is 16.8. The third-order valence-electron chi connectivity index (χ3n) is 4.73. The predicted molar refractivity (Wildman–Crippen MR) is 77.0 cm³/mol. The zero-order chi connectivity index (χ0) is 17.4. The van der Waals surface area contributed by atoms with Crippen LogP contribution in [0.1, 0.15) is 0 Å². The van der Waals surface area contributed by atoms with Gasteiger partial charge in [-0.1, -0.05) is 6.08 Å². The lowest BCUT2D eigenvalue weighted by molar-refractivity contribution is -0.339. The first-order valence-corrected chi connectivity index (χ1v) is 7.75. The van der Waals surface area contributed by atoms with Crippen molar-refractivity contribution >= 4 is 0 Å². The Morgan fingerprint density at radius 3 is 2.42 bits per heavy atom. The molecular formula is C15H22O9. The summed E-state index contributed by atoms with van der Waals surface area (Å²) in [6.07, 6.45) is -4.27. The highest BCUT2D eigenvalue weighted by Gasteiger charge is 2.49. The van der Waals surface area contributed by atoms with Crippen LogP contribution >= 0.6 is 0 Å². The second kappa shape index (κ2) is 7.06. The van der Waals surface area contributed by atoms with Crippen molar-refractivity contribution in [3.63, 3.8) is 0 Å². The topological polar surface area (TPSA) is 149 Å². The Morgan fingerprint density at radius 1 is 1.00 bits per heavy atom. The first kappa shape index (κ1) is 17.8. The minimum atomic E-state index is -1.56. The molecule has 0 radical (unpaired) electrons. The van der Waals surface area contributed by atoms with Crippen molar-refractivity contribution in [1.82, 2.24) is 0 Å². The lowest BCUT2D eigenvalue weighted by Crippen LogP contribution is -2.60. The van der Waals surface area contributed by atoms with Crippen LogP contribution in [0.15, 0.2) is 24.0 Å². The van der Waals surface area contributed by atoms with Crippen LogP contribution in [0.5, 0.6) is 0 Å². The molecule has 2 heterocycles. The number of rotatable bonds is 4. The van der Waals surface area contributed by atoms with Gasteiger partial charge in [-0.25, -0.2) is 0 Å². The monoisotopic (exact) mass is 346 g/mol. The molecule has 9 heteroatoms. The van der Waals surface area contributed by atoms with Crippen molar-refractivity contribution in [2.75, 3.05) is 13.2 Å². The van der Waals surface area contributed by atoms with Gasteiger partial charge in [0.25, 0.3) is 0 Å². The molecule has 1 fully saturated rings. The summed E-state index contributed by atoms with van der Waals surface area (Å²) < 4.78 is 16.3. The smallest absolute Gasteiger partial charge is 0.209 e. The number of hydrogen-bond donors (Lipinski definition) is 6. The summed E-state index contributed by atoms with van der Waals surface area (Å²) in [4.78, 5) is 0. The Morgan fingerprint density at radius 2 is 1.75 bits per heavy atom. The molecule has 2 aliphatic heterocycles. The van der Waals surface area contributed by atoms with Crippen LogP contribution in [0.4, 0.5) is 0 Å². The van der Waals surface area contributed by atoms with E-state index in [0.717, 1.165) is 0 Å². The van der Waals surface area contributed by atoms with E-state index in [4.69, 9.17) is 14.2 Å². The van der Waals surface area contributed by atoms with E-state index in [1.54, 1.807) is 6.08 Å². The third-order valence-corrected chi connectivity index (χ3v) is 4.73. The van der Waals surface area contributed by atoms with Crippen molar-refractivity contribution in [3.8, 4) is 0 Å². The van der Waals surface area contributed by atoms with Crippen LogP contribution < -0.4 is 0 Å². The largest absolute Gasteiger partial charge is 0.472 e. The normalized spacial score (nSPS) is 47.9.